The van der Waals surface area contributed by atoms with Crippen LogP contribution in [0.15, 0.2) is 4.73 Å². The standard InChI is InChI=1S/C4H6BrN3O/c1-8-4(5)6-3(2-9)7-8/h9H,2H2,1H3. The lowest BCUT2D eigenvalue weighted by molar-refractivity contribution is 0.271. The summed E-state index contributed by atoms with van der Waals surface area (Å²) in [5.74, 6) is 0.435. The number of rotatable bonds is 1. The molecule has 0 aromatic carbocycles. The monoisotopic (exact) mass is 191 g/mol. The molecule has 4 nitrogen and oxygen atoms in total. The van der Waals surface area contributed by atoms with Crippen molar-refractivity contribution in [2.45, 2.75) is 6.61 Å². The van der Waals surface area contributed by atoms with Gasteiger partial charge < -0.3 is 5.11 Å². The number of aliphatic hydroxyl groups is 1. The molecule has 0 aliphatic heterocycles. The Hall–Kier alpha value is -0.420. The van der Waals surface area contributed by atoms with E-state index in [0.29, 0.717) is 10.6 Å². The van der Waals surface area contributed by atoms with Crippen LogP contribution in [-0.4, -0.2) is 19.9 Å². The zero-order valence-electron chi connectivity index (χ0n) is 4.87. The molecule has 0 bridgehead atoms. The van der Waals surface area contributed by atoms with Crippen LogP contribution in [0.1, 0.15) is 5.82 Å². The van der Waals surface area contributed by atoms with Gasteiger partial charge in [-0.3, -0.25) is 0 Å². The van der Waals surface area contributed by atoms with Gasteiger partial charge in [-0.05, 0) is 15.9 Å². The molecule has 0 radical (unpaired) electrons. The Morgan fingerprint density at radius 2 is 2.44 bits per heavy atom. The van der Waals surface area contributed by atoms with E-state index >= 15 is 0 Å². The number of aliphatic hydroxyl groups excluding tert-OH is 1. The SMILES string of the molecule is Cn1nc(CO)nc1Br. The molecule has 0 aliphatic carbocycles. The molecule has 0 unspecified atom stereocenters. The van der Waals surface area contributed by atoms with Crippen LogP contribution in [-0.2, 0) is 13.7 Å². The van der Waals surface area contributed by atoms with E-state index in [2.05, 4.69) is 26.0 Å². The summed E-state index contributed by atoms with van der Waals surface area (Å²) < 4.78 is 2.18. The molecule has 0 amide bonds. The second-order valence-corrected chi connectivity index (χ2v) is 2.29. The molecule has 1 rings (SSSR count). The number of aryl methyl sites for hydroxylation is 1. The van der Waals surface area contributed by atoms with Crippen molar-refractivity contribution in [3.63, 3.8) is 0 Å². The number of hydrogen-bond acceptors (Lipinski definition) is 3. The first-order chi connectivity index (χ1) is 4.24. The molecule has 0 saturated carbocycles. The summed E-state index contributed by atoms with van der Waals surface area (Å²) in [4.78, 5) is 3.85. The second-order valence-electron chi connectivity index (χ2n) is 1.58. The van der Waals surface area contributed by atoms with Gasteiger partial charge in [-0.15, -0.1) is 0 Å². The second kappa shape index (κ2) is 2.45. The van der Waals surface area contributed by atoms with Crippen LogP contribution in [0.5, 0.6) is 0 Å². The third-order valence-corrected chi connectivity index (χ3v) is 1.59. The van der Waals surface area contributed by atoms with Gasteiger partial charge in [-0.25, -0.2) is 9.67 Å². The van der Waals surface area contributed by atoms with Crippen LogP contribution in [0.4, 0.5) is 0 Å². The van der Waals surface area contributed by atoms with Crippen LogP contribution in [0.25, 0.3) is 0 Å². The highest BCUT2D eigenvalue weighted by atomic mass is 79.9. The van der Waals surface area contributed by atoms with Crippen LogP contribution in [0, 0.1) is 0 Å². The number of aromatic nitrogens is 3. The van der Waals surface area contributed by atoms with Gasteiger partial charge in [0.15, 0.2) is 10.6 Å². The third-order valence-electron chi connectivity index (χ3n) is 0.895. The minimum Gasteiger partial charge on any atom is -0.388 e. The number of hydrogen-bond donors (Lipinski definition) is 1. The maximum atomic E-state index is 8.52. The quantitative estimate of drug-likeness (QED) is 0.684. The predicted molar refractivity (Wildman–Crippen MR) is 34.6 cm³/mol. The van der Waals surface area contributed by atoms with Crippen molar-refractivity contribution in [2.24, 2.45) is 7.05 Å². The lowest BCUT2D eigenvalue weighted by atomic mass is 10.7. The molecule has 5 heteroatoms. The Bertz CT molecular complexity index is 190. The summed E-state index contributed by atoms with van der Waals surface area (Å²) in [6.07, 6.45) is 0. The molecular formula is C4H6BrN3O. The van der Waals surface area contributed by atoms with E-state index in [1.165, 1.54) is 0 Å². The van der Waals surface area contributed by atoms with Crippen LogP contribution < -0.4 is 0 Å². The van der Waals surface area contributed by atoms with E-state index < -0.39 is 0 Å². The van der Waals surface area contributed by atoms with Crippen molar-refractivity contribution in [3.8, 4) is 0 Å². The molecule has 9 heavy (non-hydrogen) atoms. The maximum Gasteiger partial charge on any atom is 0.195 e. The van der Waals surface area contributed by atoms with Gasteiger partial charge in [0.2, 0.25) is 0 Å². The highest BCUT2D eigenvalue weighted by Crippen LogP contribution is 2.03. The molecule has 0 atom stereocenters. The van der Waals surface area contributed by atoms with Crippen molar-refractivity contribution in [1.29, 1.82) is 0 Å². The molecule has 50 valence electrons. The highest BCUT2D eigenvalue weighted by Gasteiger charge is 2.00. The fourth-order valence-electron chi connectivity index (χ4n) is 0.483. The van der Waals surface area contributed by atoms with Gasteiger partial charge in [0.25, 0.3) is 0 Å². The van der Waals surface area contributed by atoms with Gasteiger partial charge >= 0.3 is 0 Å². The van der Waals surface area contributed by atoms with Crippen LogP contribution in [0.3, 0.4) is 0 Å². The topological polar surface area (TPSA) is 50.9 Å². The fourth-order valence-corrected chi connectivity index (χ4v) is 0.767. The Morgan fingerprint density at radius 3 is 2.67 bits per heavy atom. The van der Waals surface area contributed by atoms with Crippen molar-refractivity contribution in [2.75, 3.05) is 0 Å². The molecule has 1 heterocycles. The lowest BCUT2D eigenvalue weighted by Crippen LogP contribution is -1.91. The van der Waals surface area contributed by atoms with E-state index in [1.54, 1.807) is 11.7 Å². The maximum absolute atomic E-state index is 8.52. The van der Waals surface area contributed by atoms with E-state index in [4.69, 9.17) is 5.11 Å². The normalized spacial score (nSPS) is 10.1. The smallest absolute Gasteiger partial charge is 0.195 e. The van der Waals surface area contributed by atoms with Gasteiger partial charge in [0, 0.05) is 7.05 Å². The fraction of sp³-hybridized carbons (Fsp3) is 0.500. The summed E-state index contributed by atoms with van der Waals surface area (Å²) >= 11 is 3.14. The third kappa shape index (κ3) is 1.28. The Labute approximate surface area is 60.6 Å². The minimum atomic E-state index is -0.112. The zero-order chi connectivity index (χ0) is 6.85. The van der Waals surface area contributed by atoms with Gasteiger partial charge in [0.05, 0.1) is 0 Å². The van der Waals surface area contributed by atoms with Crippen LogP contribution in [0.2, 0.25) is 0 Å². The Kier molecular flexibility index (Phi) is 1.82. The highest BCUT2D eigenvalue weighted by molar-refractivity contribution is 9.10. The molecule has 1 N–H and O–H groups in total. The predicted octanol–water partition coefficient (Wildman–Crippen LogP) is 0.0699. The Morgan fingerprint density at radius 1 is 1.78 bits per heavy atom. The van der Waals surface area contributed by atoms with Crippen molar-refractivity contribution in [1.82, 2.24) is 14.8 Å². The number of nitrogens with zero attached hydrogens (tertiary/aromatic N) is 3. The van der Waals surface area contributed by atoms with Gasteiger partial charge in [0.1, 0.15) is 6.61 Å². The first-order valence-corrected chi connectivity index (χ1v) is 3.19. The molecule has 1 aromatic rings. The number of halogens is 1. The van der Waals surface area contributed by atoms with Crippen LogP contribution >= 0.6 is 15.9 Å². The molecule has 1 aromatic heterocycles. The molecule has 0 fully saturated rings. The summed E-state index contributed by atoms with van der Waals surface area (Å²) in [7, 11) is 1.75. The summed E-state index contributed by atoms with van der Waals surface area (Å²) in [5.41, 5.74) is 0. The summed E-state index contributed by atoms with van der Waals surface area (Å²) in [6.45, 7) is -0.112. The summed E-state index contributed by atoms with van der Waals surface area (Å²) in [5, 5.41) is 12.4. The first-order valence-electron chi connectivity index (χ1n) is 2.40. The summed E-state index contributed by atoms with van der Waals surface area (Å²) in [6, 6.07) is 0. The van der Waals surface area contributed by atoms with E-state index in [1.807, 2.05) is 0 Å². The average molecular weight is 192 g/mol. The van der Waals surface area contributed by atoms with E-state index in [9.17, 15) is 0 Å². The molecule has 0 spiro atoms. The molecule has 0 aliphatic rings. The first kappa shape index (κ1) is 6.70. The van der Waals surface area contributed by atoms with Crippen molar-refractivity contribution < 1.29 is 5.11 Å². The van der Waals surface area contributed by atoms with E-state index in [0.717, 1.165) is 0 Å². The average Bonchev–Trinajstić information content (AvgIpc) is 2.13. The minimum absolute atomic E-state index is 0.112. The van der Waals surface area contributed by atoms with Gasteiger partial charge in [-0.1, -0.05) is 0 Å². The largest absolute Gasteiger partial charge is 0.388 e. The molecule has 0 saturated heterocycles. The van der Waals surface area contributed by atoms with Gasteiger partial charge in [-0.2, -0.15) is 5.10 Å². The Balaban J connectivity index is 2.98. The van der Waals surface area contributed by atoms with Crippen molar-refractivity contribution in [3.05, 3.63) is 10.6 Å². The molecular weight excluding hydrogens is 186 g/mol. The van der Waals surface area contributed by atoms with Crippen molar-refractivity contribution >= 4 is 15.9 Å². The zero-order valence-corrected chi connectivity index (χ0v) is 6.46. The lowest BCUT2D eigenvalue weighted by Gasteiger charge is -1.83. The van der Waals surface area contributed by atoms with E-state index in [-0.39, 0.29) is 6.61 Å².